The van der Waals surface area contributed by atoms with Gasteiger partial charge in [0.1, 0.15) is 12.4 Å². The maximum Gasteiger partial charge on any atom is 1.00 e. The Morgan fingerprint density at radius 3 is 2.52 bits per heavy atom. The van der Waals surface area contributed by atoms with Crippen LogP contribution in [0.25, 0.3) is 0 Å². The second-order valence-electron chi connectivity index (χ2n) is 4.29. The van der Waals surface area contributed by atoms with E-state index in [-0.39, 0.29) is 69.5 Å². The number of hydrogen-bond acceptors (Lipinski definition) is 3. The third-order valence-corrected chi connectivity index (χ3v) is 2.72. The number of rotatable bonds is 5. The Morgan fingerprint density at radius 1 is 1.29 bits per heavy atom. The predicted octanol–water partition coefficient (Wildman–Crippen LogP) is -0.934. The Labute approximate surface area is 163 Å². The summed E-state index contributed by atoms with van der Waals surface area (Å²) in [7, 11) is 3.04. The fourth-order valence-corrected chi connectivity index (χ4v) is 1.75. The van der Waals surface area contributed by atoms with E-state index in [1.165, 1.54) is 19.2 Å². The van der Waals surface area contributed by atoms with Crippen LogP contribution in [0.2, 0.25) is 0 Å². The van der Waals surface area contributed by atoms with Crippen molar-refractivity contribution in [2.24, 2.45) is 7.05 Å². The number of aromatic nitrogens is 2. The molecule has 2 aromatic rings. The minimum Gasteiger partial charge on any atom is -0.497 e. The van der Waals surface area contributed by atoms with Crippen molar-refractivity contribution < 1.29 is 73.8 Å². The minimum atomic E-state index is -5.17. The van der Waals surface area contributed by atoms with Crippen molar-refractivity contribution >= 4 is 12.4 Å². The van der Waals surface area contributed by atoms with Gasteiger partial charge in [-0.25, -0.2) is 0 Å². The van der Waals surface area contributed by atoms with E-state index < -0.39 is 12.4 Å². The zero-order valence-corrected chi connectivity index (χ0v) is 15.1. The van der Waals surface area contributed by atoms with Gasteiger partial charge < -0.3 is 22.4 Å². The van der Waals surface area contributed by atoms with E-state index in [4.69, 9.17) is 9.47 Å². The summed E-state index contributed by atoms with van der Waals surface area (Å²) in [5.41, 5.74) is -0.0998. The van der Waals surface area contributed by atoms with Gasteiger partial charge in [0.05, 0.1) is 19.1 Å². The molecule has 0 aliphatic heterocycles. The quantitative estimate of drug-likeness (QED) is 0.667. The molecule has 9 heteroatoms. The Morgan fingerprint density at radius 2 is 2.00 bits per heavy atom. The summed E-state index contributed by atoms with van der Waals surface area (Å²) in [4.78, 5) is 0. The molecule has 108 valence electrons. The minimum absolute atomic E-state index is 0. The molecule has 0 aliphatic carbocycles. The van der Waals surface area contributed by atoms with Crippen molar-refractivity contribution in [2.45, 2.75) is 6.61 Å². The summed E-state index contributed by atoms with van der Waals surface area (Å²) in [6.45, 7) is -5.14. The second-order valence-corrected chi connectivity index (χ2v) is 4.29. The SMILES string of the molecule is COc1ccc(OCc2cnn(C)c2)c([B-](F)(F)F)c1.[K+]. The van der Waals surface area contributed by atoms with Crippen LogP contribution in [0.4, 0.5) is 12.9 Å². The van der Waals surface area contributed by atoms with E-state index in [1.54, 1.807) is 24.1 Å². The maximum absolute atomic E-state index is 13.0. The van der Waals surface area contributed by atoms with Crippen molar-refractivity contribution in [2.75, 3.05) is 7.11 Å². The average Bonchev–Trinajstić information content (AvgIpc) is 2.81. The van der Waals surface area contributed by atoms with Gasteiger partial charge >= 0.3 is 58.4 Å². The van der Waals surface area contributed by atoms with Gasteiger partial charge in [0, 0.05) is 18.8 Å². The molecular formula is C12H13BF3KN2O2. The summed E-state index contributed by atoms with van der Waals surface area (Å²) < 4.78 is 50.6. The van der Waals surface area contributed by atoms with E-state index in [2.05, 4.69) is 5.10 Å². The predicted molar refractivity (Wildman–Crippen MR) is 69.2 cm³/mol. The summed E-state index contributed by atoms with van der Waals surface area (Å²) in [5.74, 6) is -0.0601. The average molecular weight is 324 g/mol. The first-order chi connectivity index (χ1) is 9.40. The number of benzene rings is 1. The van der Waals surface area contributed by atoms with Gasteiger partial charge in [-0.3, -0.25) is 4.68 Å². The Bertz CT molecular complexity index is 604. The molecule has 4 nitrogen and oxygen atoms in total. The smallest absolute Gasteiger partial charge is 0.497 e. The topological polar surface area (TPSA) is 36.3 Å². The summed E-state index contributed by atoms with van der Waals surface area (Å²) in [6, 6.07) is 3.64. The fourth-order valence-electron chi connectivity index (χ4n) is 1.75. The van der Waals surface area contributed by atoms with Crippen molar-refractivity contribution in [3.63, 3.8) is 0 Å². The van der Waals surface area contributed by atoms with E-state index in [9.17, 15) is 12.9 Å². The van der Waals surface area contributed by atoms with Gasteiger partial charge in [0.25, 0.3) is 0 Å². The number of methoxy groups -OCH3 is 1. The van der Waals surface area contributed by atoms with Gasteiger partial charge in [0.2, 0.25) is 0 Å². The normalized spacial score (nSPS) is 10.9. The summed E-state index contributed by atoms with van der Waals surface area (Å²) >= 11 is 0. The van der Waals surface area contributed by atoms with Crippen LogP contribution in [-0.2, 0) is 13.7 Å². The molecule has 1 aromatic carbocycles. The molecule has 0 spiro atoms. The summed E-state index contributed by atoms with van der Waals surface area (Å²) in [6.07, 6.45) is 3.23. The molecule has 0 fully saturated rings. The molecule has 0 atom stereocenters. The van der Waals surface area contributed by atoms with E-state index in [1.807, 2.05) is 0 Å². The Kier molecular flexibility index (Phi) is 6.79. The molecule has 0 amide bonds. The number of halogens is 3. The second kappa shape index (κ2) is 7.68. The van der Waals surface area contributed by atoms with Crippen molar-refractivity contribution in [1.82, 2.24) is 9.78 Å². The molecule has 1 aromatic heterocycles. The monoisotopic (exact) mass is 324 g/mol. The van der Waals surface area contributed by atoms with Crippen molar-refractivity contribution in [3.05, 3.63) is 36.2 Å². The number of hydrogen-bond donors (Lipinski definition) is 0. The molecular weight excluding hydrogens is 311 g/mol. The van der Waals surface area contributed by atoms with Crippen molar-refractivity contribution in [3.8, 4) is 11.5 Å². The van der Waals surface area contributed by atoms with Crippen LogP contribution in [0, 0.1) is 0 Å². The maximum atomic E-state index is 13.0. The van der Waals surface area contributed by atoms with Crippen LogP contribution in [0.15, 0.2) is 30.6 Å². The van der Waals surface area contributed by atoms with Gasteiger partial charge in [-0.15, -0.1) is 0 Å². The van der Waals surface area contributed by atoms with Gasteiger partial charge in [-0.2, -0.15) is 5.10 Å². The van der Waals surface area contributed by atoms with Crippen LogP contribution >= 0.6 is 0 Å². The van der Waals surface area contributed by atoms with Gasteiger partial charge in [-0.1, -0.05) is 5.46 Å². The third-order valence-electron chi connectivity index (χ3n) is 2.72. The molecule has 0 saturated carbocycles. The standard InChI is InChI=1S/C12H13BF3N2O2.K/c1-18-7-9(6-17-18)8-20-12-4-3-10(19-2)5-11(12)13(14,15)16;/h3-7H,8H2,1-2H3;/q-1;+1. The summed E-state index contributed by atoms with van der Waals surface area (Å²) in [5, 5.41) is 3.93. The number of aryl methyl sites for hydroxylation is 1. The van der Waals surface area contributed by atoms with Crippen LogP contribution < -0.4 is 66.3 Å². The van der Waals surface area contributed by atoms with Crippen LogP contribution in [-0.4, -0.2) is 23.9 Å². The molecule has 0 N–H and O–H groups in total. The Balaban J connectivity index is 0.00000220. The van der Waals surface area contributed by atoms with Crippen LogP contribution in [0.1, 0.15) is 5.56 Å². The molecule has 0 unspecified atom stereocenters. The van der Waals surface area contributed by atoms with E-state index in [0.29, 0.717) is 5.56 Å². The molecule has 21 heavy (non-hydrogen) atoms. The van der Waals surface area contributed by atoms with Crippen molar-refractivity contribution in [1.29, 1.82) is 0 Å². The number of ether oxygens (including phenoxy) is 2. The molecule has 0 saturated heterocycles. The van der Waals surface area contributed by atoms with E-state index in [0.717, 1.165) is 6.07 Å². The third kappa shape index (κ3) is 5.03. The molecule has 0 aliphatic rings. The van der Waals surface area contributed by atoms with Crippen LogP contribution in [0.3, 0.4) is 0 Å². The molecule has 0 bridgehead atoms. The molecule has 0 radical (unpaired) electrons. The molecule has 2 rings (SSSR count). The zero-order chi connectivity index (χ0) is 14.8. The zero-order valence-electron chi connectivity index (χ0n) is 12.0. The first kappa shape index (κ1) is 18.6. The van der Waals surface area contributed by atoms with Gasteiger partial charge in [0.15, 0.2) is 0 Å². The van der Waals surface area contributed by atoms with Crippen LogP contribution in [0.5, 0.6) is 11.5 Å². The molecule has 1 heterocycles. The van der Waals surface area contributed by atoms with Gasteiger partial charge in [-0.05, 0) is 18.2 Å². The number of nitrogens with zero attached hydrogens (tertiary/aromatic N) is 2. The first-order valence-corrected chi connectivity index (χ1v) is 5.88. The largest absolute Gasteiger partial charge is 1.00 e. The van der Waals surface area contributed by atoms with E-state index >= 15 is 0 Å². The first-order valence-electron chi connectivity index (χ1n) is 5.88. The Hall–Kier alpha value is -0.479. The fraction of sp³-hybridized carbons (Fsp3) is 0.250.